The highest BCUT2D eigenvalue weighted by Gasteiger charge is 2.37. The van der Waals surface area contributed by atoms with Crippen molar-refractivity contribution >= 4 is 87.2 Å². The van der Waals surface area contributed by atoms with Gasteiger partial charge < -0.3 is 18.3 Å². The lowest BCUT2D eigenvalue weighted by atomic mass is 9.85. The van der Waals surface area contributed by atoms with Gasteiger partial charge in [0.1, 0.15) is 11.6 Å². The maximum absolute atomic E-state index is 13.2. The minimum atomic E-state index is -0.124. The van der Waals surface area contributed by atoms with Gasteiger partial charge in [0.2, 0.25) is 0 Å². The molecule has 0 aliphatic rings. The number of benzene rings is 10. The average Bonchev–Trinajstić information content (AvgIpc) is 1.66. The van der Waals surface area contributed by atoms with Crippen LogP contribution in [-0.2, 0) is 21.7 Å². The zero-order chi connectivity index (χ0) is 59.6. The quantitative estimate of drug-likeness (QED) is 0.169. The van der Waals surface area contributed by atoms with Gasteiger partial charge in [-0.15, -0.1) is 0 Å². The number of fused-ring (bicyclic) bond motifs is 12. The summed E-state index contributed by atoms with van der Waals surface area (Å²) in [4.78, 5) is 0. The van der Waals surface area contributed by atoms with Crippen LogP contribution in [0.15, 0.2) is 182 Å². The summed E-state index contributed by atoms with van der Waals surface area (Å²) in [6, 6.07) is 71.7. The number of hydrogen-bond acceptors (Lipinski definition) is 1. The Morgan fingerprint density at radius 2 is 0.529 bits per heavy atom. The standard InChI is InChI=1S/C80H75N5/c1-47-40-48(2)71(49(3)41-47)72-75(84-67-36-32-50(77(4,5)6)42-58(67)59-43-51(78(7,8)9)33-37-68(59)84)73(82-63-28-20-16-24-54(63)55-25-17-21-29-64(55)82)62(46-81)74(83-65-30-22-18-26-56(65)57-27-19-23-31-66(57)83)76(72)85-69-38-34-52(79(10,11)12)44-60(69)61-45-53(80(13,14)15)35-39-70(61)85/h16-45H,1-15H3. The first-order chi connectivity index (χ1) is 40.4. The molecule has 0 fully saturated rings. The molecular formula is C80H75N5. The minimum absolute atomic E-state index is 0.124. The van der Waals surface area contributed by atoms with Gasteiger partial charge in [-0.3, -0.25) is 0 Å². The number of aryl methyl sites for hydroxylation is 3. The zero-order valence-corrected chi connectivity index (χ0v) is 52.1. The van der Waals surface area contributed by atoms with Crippen LogP contribution < -0.4 is 0 Å². The first-order valence-corrected chi connectivity index (χ1v) is 30.3. The molecule has 14 rings (SSSR count). The molecule has 0 saturated carbocycles. The second-order valence-corrected chi connectivity index (χ2v) is 28.4. The van der Waals surface area contributed by atoms with Crippen LogP contribution in [0.5, 0.6) is 0 Å². The molecule has 0 aliphatic carbocycles. The summed E-state index contributed by atoms with van der Waals surface area (Å²) in [6.07, 6.45) is 0. The van der Waals surface area contributed by atoms with E-state index in [0.29, 0.717) is 5.56 Å². The number of rotatable bonds is 5. The predicted octanol–water partition coefficient (Wildman–Crippen LogP) is 21.7. The monoisotopic (exact) mass is 1110 g/mol. The van der Waals surface area contributed by atoms with Crippen molar-refractivity contribution in [2.45, 2.75) is 126 Å². The van der Waals surface area contributed by atoms with Gasteiger partial charge in [-0.1, -0.05) is 198 Å². The van der Waals surface area contributed by atoms with Crippen LogP contribution >= 0.6 is 0 Å². The first kappa shape index (κ1) is 53.9. The summed E-state index contributed by atoms with van der Waals surface area (Å²) >= 11 is 0. The van der Waals surface area contributed by atoms with Gasteiger partial charge in [-0.05, 0) is 154 Å². The normalized spacial score (nSPS) is 12.9. The van der Waals surface area contributed by atoms with E-state index in [1.54, 1.807) is 0 Å². The number of nitrogens with zero attached hydrogens (tertiary/aromatic N) is 5. The maximum atomic E-state index is 13.2. The Kier molecular flexibility index (Phi) is 11.8. The van der Waals surface area contributed by atoms with E-state index < -0.39 is 0 Å². The van der Waals surface area contributed by atoms with Crippen LogP contribution in [0.1, 0.15) is 128 Å². The summed E-state index contributed by atoms with van der Waals surface area (Å²) in [5.41, 5.74) is 22.7. The first-order valence-electron chi connectivity index (χ1n) is 30.3. The lowest BCUT2D eigenvalue weighted by molar-refractivity contribution is 0.590. The van der Waals surface area contributed by atoms with Gasteiger partial charge in [0.15, 0.2) is 0 Å². The topological polar surface area (TPSA) is 43.5 Å². The van der Waals surface area contributed by atoms with Crippen molar-refractivity contribution in [1.29, 1.82) is 5.26 Å². The highest BCUT2D eigenvalue weighted by Crippen LogP contribution is 2.54. The second kappa shape index (κ2) is 18.7. The molecular weight excluding hydrogens is 1030 g/mol. The van der Waals surface area contributed by atoms with Crippen molar-refractivity contribution in [2.24, 2.45) is 0 Å². The van der Waals surface area contributed by atoms with Crippen molar-refractivity contribution in [3.63, 3.8) is 0 Å². The third-order valence-electron chi connectivity index (χ3n) is 18.5. The lowest BCUT2D eigenvalue weighted by Gasteiger charge is -2.30. The van der Waals surface area contributed by atoms with E-state index in [0.717, 1.165) is 111 Å². The van der Waals surface area contributed by atoms with Crippen LogP contribution in [0.25, 0.3) is 121 Å². The van der Waals surface area contributed by atoms with Gasteiger partial charge in [0, 0.05) is 48.7 Å². The Morgan fingerprint density at radius 3 is 0.788 bits per heavy atom. The molecule has 420 valence electrons. The third kappa shape index (κ3) is 8.15. The lowest BCUT2D eigenvalue weighted by Crippen LogP contribution is -2.17. The maximum Gasteiger partial charge on any atom is 0.104 e. The molecule has 0 aliphatic heterocycles. The Morgan fingerprint density at radius 1 is 0.282 bits per heavy atom. The summed E-state index contributed by atoms with van der Waals surface area (Å²) < 4.78 is 10.0. The molecule has 0 amide bonds. The van der Waals surface area contributed by atoms with Crippen molar-refractivity contribution in [3.8, 4) is 39.9 Å². The predicted molar refractivity (Wildman–Crippen MR) is 363 cm³/mol. The largest absolute Gasteiger partial charge is 0.306 e. The number of para-hydroxylation sites is 4. The summed E-state index contributed by atoms with van der Waals surface area (Å²) in [5.74, 6) is 0. The van der Waals surface area contributed by atoms with Gasteiger partial charge in [0.05, 0.1) is 66.9 Å². The van der Waals surface area contributed by atoms with E-state index in [2.05, 4.69) is 310 Å². The third-order valence-corrected chi connectivity index (χ3v) is 18.5. The Balaban J connectivity index is 1.37. The molecule has 0 radical (unpaired) electrons. The molecule has 4 aromatic heterocycles. The van der Waals surface area contributed by atoms with Crippen molar-refractivity contribution in [1.82, 2.24) is 18.3 Å². The molecule has 14 aromatic rings. The fraction of sp³-hybridized carbons (Fsp3) is 0.237. The van der Waals surface area contributed by atoms with Gasteiger partial charge >= 0.3 is 0 Å². The Hall–Kier alpha value is -9.11. The fourth-order valence-electron chi connectivity index (χ4n) is 14.2. The van der Waals surface area contributed by atoms with E-state index in [-0.39, 0.29) is 21.7 Å². The molecule has 5 heteroatoms. The number of hydrogen-bond donors (Lipinski definition) is 0. The Bertz CT molecular complexity index is 4640. The zero-order valence-electron chi connectivity index (χ0n) is 52.1. The van der Waals surface area contributed by atoms with E-state index in [9.17, 15) is 5.26 Å². The van der Waals surface area contributed by atoms with Gasteiger partial charge in [-0.25, -0.2) is 0 Å². The Labute approximate surface area is 500 Å². The highest BCUT2D eigenvalue weighted by molar-refractivity contribution is 6.17. The van der Waals surface area contributed by atoms with Crippen LogP contribution in [0, 0.1) is 32.1 Å². The van der Waals surface area contributed by atoms with Crippen molar-refractivity contribution in [2.75, 3.05) is 0 Å². The SMILES string of the molecule is Cc1cc(C)c(-c2c(-n3c4ccc(C(C)(C)C)cc4c4cc(C(C)(C)C)ccc43)c(-n3c4ccccc4c4ccccc43)c(C#N)c(-n3c4ccccc4c4ccccc43)c2-n2c3ccc(C(C)(C)C)cc3c3cc(C(C)(C)C)ccc32)c(C)c1. The van der Waals surface area contributed by atoms with E-state index in [4.69, 9.17) is 0 Å². The van der Waals surface area contributed by atoms with Crippen LogP contribution in [-0.4, -0.2) is 18.3 Å². The second-order valence-electron chi connectivity index (χ2n) is 28.4. The molecule has 85 heavy (non-hydrogen) atoms. The average molecular weight is 1110 g/mol. The summed E-state index contributed by atoms with van der Waals surface area (Å²) in [6.45, 7) is 34.6. The fourth-order valence-corrected chi connectivity index (χ4v) is 14.2. The van der Waals surface area contributed by atoms with E-state index in [1.807, 2.05) is 0 Å². The molecule has 5 nitrogen and oxygen atoms in total. The molecule has 0 spiro atoms. The van der Waals surface area contributed by atoms with Gasteiger partial charge in [-0.2, -0.15) is 5.26 Å². The molecule has 4 heterocycles. The van der Waals surface area contributed by atoms with Crippen LogP contribution in [0.3, 0.4) is 0 Å². The van der Waals surface area contributed by atoms with Crippen LogP contribution in [0.4, 0.5) is 0 Å². The summed E-state index contributed by atoms with van der Waals surface area (Å²) in [5, 5.41) is 22.4. The highest BCUT2D eigenvalue weighted by atomic mass is 15.1. The van der Waals surface area contributed by atoms with E-state index >= 15 is 0 Å². The molecule has 0 bridgehead atoms. The number of aromatic nitrogens is 4. The summed E-state index contributed by atoms with van der Waals surface area (Å²) in [7, 11) is 0. The molecule has 0 atom stereocenters. The molecule has 10 aromatic carbocycles. The van der Waals surface area contributed by atoms with Gasteiger partial charge in [0.25, 0.3) is 0 Å². The van der Waals surface area contributed by atoms with Crippen molar-refractivity contribution in [3.05, 3.63) is 226 Å². The molecule has 0 N–H and O–H groups in total. The molecule has 0 saturated heterocycles. The minimum Gasteiger partial charge on any atom is -0.306 e. The molecule has 0 unspecified atom stereocenters. The number of nitriles is 1. The van der Waals surface area contributed by atoms with Crippen molar-refractivity contribution < 1.29 is 0 Å². The van der Waals surface area contributed by atoms with E-state index in [1.165, 1.54) is 49.4 Å². The van der Waals surface area contributed by atoms with Crippen LogP contribution in [0.2, 0.25) is 0 Å². The smallest absolute Gasteiger partial charge is 0.104 e.